The zero-order chi connectivity index (χ0) is 19.4. The molecular weight excluding hydrogens is 352 g/mol. The highest BCUT2D eigenvalue weighted by molar-refractivity contribution is 5.98. The van der Waals surface area contributed by atoms with Crippen molar-refractivity contribution < 1.29 is 28.9 Å². The lowest BCUT2D eigenvalue weighted by Crippen LogP contribution is -2.55. The summed E-state index contributed by atoms with van der Waals surface area (Å²) in [5.74, 6) is 0.650. The lowest BCUT2D eigenvalue weighted by atomic mass is 10.0. The van der Waals surface area contributed by atoms with Crippen molar-refractivity contribution in [3.05, 3.63) is 23.8 Å². The molecule has 1 aromatic carbocycles. The predicted molar refractivity (Wildman–Crippen MR) is 96.6 cm³/mol. The third-order valence-electron chi connectivity index (χ3n) is 4.62. The van der Waals surface area contributed by atoms with E-state index in [0.717, 1.165) is 0 Å². The Morgan fingerprint density at radius 3 is 2.78 bits per heavy atom. The standard InChI is InChI=1S/C19H26N2O6/c1-11(2)7-14(19(24)20-13-5-6-25-9-15(13)22)21-18(23)12-3-4-16-17(8-12)27-10-26-16/h3-4,8,11,13-15,22H,5-7,9-10H2,1-2H3,(H,20,24)(H,21,23)/t13-,14+,15-/m1/s1. The van der Waals surface area contributed by atoms with E-state index in [1.807, 2.05) is 13.8 Å². The molecule has 0 unspecified atom stereocenters. The molecule has 3 N–H and O–H groups in total. The number of hydrogen-bond donors (Lipinski definition) is 3. The second kappa shape index (κ2) is 8.58. The second-order valence-electron chi connectivity index (χ2n) is 7.27. The van der Waals surface area contributed by atoms with Crippen LogP contribution in [0.5, 0.6) is 11.5 Å². The Morgan fingerprint density at radius 2 is 2.04 bits per heavy atom. The van der Waals surface area contributed by atoms with Gasteiger partial charge >= 0.3 is 0 Å². The molecule has 0 saturated carbocycles. The molecule has 0 spiro atoms. The van der Waals surface area contributed by atoms with E-state index in [9.17, 15) is 14.7 Å². The van der Waals surface area contributed by atoms with Crippen molar-refractivity contribution in [1.82, 2.24) is 10.6 Å². The fourth-order valence-corrected chi connectivity index (χ4v) is 3.16. The van der Waals surface area contributed by atoms with Gasteiger partial charge in [-0.05, 0) is 37.0 Å². The van der Waals surface area contributed by atoms with E-state index >= 15 is 0 Å². The van der Waals surface area contributed by atoms with E-state index in [2.05, 4.69) is 10.6 Å². The summed E-state index contributed by atoms with van der Waals surface area (Å²) >= 11 is 0. The van der Waals surface area contributed by atoms with Crippen LogP contribution in [0.4, 0.5) is 0 Å². The number of carbonyl (C=O) groups excluding carboxylic acids is 2. The van der Waals surface area contributed by atoms with Crippen LogP contribution in [-0.4, -0.2) is 55.1 Å². The van der Waals surface area contributed by atoms with Gasteiger partial charge in [0.25, 0.3) is 5.91 Å². The second-order valence-corrected chi connectivity index (χ2v) is 7.27. The van der Waals surface area contributed by atoms with Crippen molar-refractivity contribution in [2.45, 2.75) is 44.9 Å². The molecule has 1 aromatic rings. The fraction of sp³-hybridized carbons (Fsp3) is 0.579. The number of rotatable bonds is 6. The molecular formula is C19H26N2O6. The lowest BCUT2D eigenvalue weighted by molar-refractivity contribution is -0.126. The zero-order valence-electron chi connectivity index (χ0n) is 15.6. The van der Waals surface area contributed by atoms with E-state index in [-0.39, 0.29) is 37.2 Å². The SMILES string of the molecule is CC(C)C[C@H](NC(=O)c1ccc2c(c1)OCO2)C(=O)N[C@@H]1CCOC[C@H]1O. The summed E-state index contributed by atoms with van der Waals surface area (Å²) in [6, 6.07) is 3.84. The highest BCUT2D eigenvalue weighted by Crippen LogP contribution is 2.32. The zero-order valence-corrected chi connectivity index (χ0v) is 15.6. The Kier molecular flexibility index (Phi) is 6.18. The number of aliphatic hydroxyl groups is 1. The van der Waals surface area contributed by atoms with Gasteiger partial charge in [0, 0.05) is 12.2 Å². The van der Waals surface area contributed by atoms with Gasteiger partial charge in [0.2, 0.25) is 12.7 Å². The smallest absolute Gasteiger partial charge is 0.252 e. The molecule has 27 heavy (non-hydrogen) atoms. The van der Waals surface area contributed by atoms with Crippen LogP contribution in [0.25, 0.3) is 0 Å². The number of fused-ring (bicyclic) bond motifs is 1. The minimum Gasteiger partial charge on any atom is -0.454 e. The molecule has 2 aliphatic rings. The first-order valence-corrected chi connectivity index (χ1v) is 9.20. The Balaban J connectivity index is 1.66. The molecule has 0 aromatic heterocycles. The predicted octanol–water partition coefficient (Wildman–Crippen LogP) is 0.826. The van der Waals surface area contributed by atoms with Gasteiger partial charge in [0.05, 0.1) is 18.8 Å². The average Bonchev–Trinajstić information content (AvgIpc) is 3.10. The van der Waals surface area contributed by atoms with Gasteiger partial charge in [-0.15, -0.1) is 0 Å². The fourth-order valence-electron chi connectivity index (χ4n) is 3.16. The van der Waals surface area contributed by atoms with Gasteiger partial charge in [-0.2, -0.15) is 0 Å². The van der Waals surface area contributed by atoms with Gasteiger partial charge in [-0.1, -0.05) is 13.8 Å². The number of benzene rings is 1. The normalized spacial score (nSPS) is 22.4. The van der Waals surface area contributed by atoms with Crippen LogP contribution in [0.3, 0.4) is 0 Å². The van der Waals surface area contributed by atoms with Crippen LogP contribution in [0, 0.1) is 5.92 Å². The quantitative estimate of drug-likeness (QED) is 0.677. The minimum atomic E-state index is -0.744. The summed E-state index contributed by atoms with van der Waals surface area (Å²) < 4.78 is 15.7. The largest absolute Gasteiger partial charge is 0.454 e. The van der Waals surface area contributed by atoms with Gasteiger partial charge in [0.1, 0.15) is 6.04 Å². The van der Waals surface area contributed by atoms with Crippen molar-refractivity contribution in [2.75, 3.05) is 20.0 Å². The monoisotopic (exact) mass is 378 g/mol. The lowest BCUT2D eigenvalue weighted by Gasteiger charge is -2.30. The van der Waals surface area contributed by atoms with E-state index < -0.39 is 12.1 Å². The first-order valence-electron chi connectivity index (χ1n) is 9.20. The molecule has 2 amide bonds. The Bertz CT molecular complexity index is 693. The van der Waals surface area contributed by atoms with Crippen LogP contribution in [-0.2, 0) is 9.53 Å². The molecule has 2 heterocycles. The summed E-state index contributed by atoms with van der Waals surface area (Å²) in [4.78, 5) is 25.4. The van der Waals surface area contributed by atoms with E-state index in [1.54, 1.807) is 18.2 Å². The summed E-state index contributed by atoms with van der Waals surface area (Å²) in [5, 5.41) is 15.6. The van der Waals surface area contributed by atoms with E-state index in [0.29, 0.717) is 36.5 Å². The van der Waals surface area contributed by atoms with Gasteiger partial charge in [-0.3, -0.25) is 9.59 Å². The number of aliphatic hydroxyl groups excluding tert-OH is 1. The molecule has 8 heteroatoms. The third-order valence-corrected chi connectivity index (χ3v) is 4.62. The molecule has 3 rings (SSSR count). The Labute approximate surface area is 158 Å². The highest BCUT2D eigenvalue weighted by Gasteiger charge is 2.29. The van der Waals surface area contributed by atoms with Crippen LogP contribution in [0.1, 0.15) is 37.0 Å². The maximum Gasteiger partial charge on any atom is 0.252 e. The van der Waals surface area contributed by atoms with Gasteiger partial charge in [-0.25, -0.2) is 0 Å². The molecule has 0 bridgehead atoms. The van der Waals surface area contributed by atoms with E-state index in [4.69, 9.17) is 14.2 Å². The number of hydrogen-bond acceptors (Lipinski definition) is 6. The number of nitrogens with one attached hydrogen (secondary N) is 2. The van der Waals surface area contributed by atoms with Crippen LogP contribution >= 0.6 is 0 Å². The molecule has 1 fully saturated rings. The van der Waals surface area contributed by atoms with E-state index in [1.165, 1.54) is 0 Å². The van der Waals surface area contributed by atoms with Crippen LogP contribution in [0.2, 0.25) is 0 Å². The molecule has 8 nitrogen and oxygen atoms in total. The van der Waals surface area contributed by atoms with Gasteiger partial charge in [0.15, 0.2) is 11.5 Å². The molecule has 2 aliphatic heterocycles. The van der Waals surface area contributed by atoms with Gasteiger partial charge < -0.3 is 30.0 Å². The summed E-state index contributed by atoms with van der Waals surface area (Å²) in [5.41, 5.74) is 0.395. The first kappa shape index (κ1) is 19.4. The molecule has 3 atom stereocenters. The first-order chi connectivity index (χ1) is 12.9. The van der Waals surface area contributed by atoms with Crippen molar-refractivity contribution in [1.29, 1.82) is 0 Å². The van der Waals surface area contributed by atoms with Crippen LogP contribution < -0.4 is 20.1 Å². The van der Waals surface area contributed by atoms with Crippen molar-refractivity contribution in [2.24, 2.45) is 5.92 Å². The number of ether oxygens (including phenoxy) is 3. The Morgan fingerprint density at radius 1 is 1.26 bits per heavy atom. The maximum atomic E-state index is 12.7. The maximum absolute atomic E-state index is 12.7. The van der Waals surface area contributed by atoms with Crippen molar-refractivity contribution in [3.63, 3.8) is 0 Å². The minimum absolute atomic E-state index is 0.131. The van der Waals surface area contributed by atoms with Crippen molar-refractivity contribution >= 4 is 11.8 Å². The van der Waals surface area contributed by atoms with Crippen molar-refractivity contribution in [3.8, 4) is 11.5 Å². The number of amides is 2. The van der Waals surface area contributed by atoms with Crippen LogP contribution in [0.15, 0.2) is 18.2 Å². The molecule has 148 valence electrons. The third kappa shape index (κ3) is 4.90. The molecule has 1 saturated heterocycles. The topological polar surface area (TPSA) is 106 Å². The Hall–Kier alpha value is -2.32. The molecule has 0 aliphatic carbocycles. The molecule has 0 radical (unpaired) electrons. The summed E-state index contributed by atoms with van der Waals surface area (Å²) in [6.45, 7) is 4.78. The number of carbonyl (C=O) groups is 2. The highest BCUT2D eigenvalue weighted by atomic mass is 16.7. The summed E-state index contributed by atoms with van der Waals surface area (Å²) in [7, 11) is 0. The average molecular weight is 378 g/mol. The summed E-state index contributed by atoms with van der Waals surface area (Å²) in [6.07, 6.45) is 0.283.